The van der Waals surface area contributed by atoms with E-state index in [9.17, 15) is 40.2 Å². The molecule has 51 heavy (non-hydrogen) atoms. The fourth-order valence-electron chi connectivity index (χ4n) is 7.42. The molecule has 3 heterocycles. The van der Waals surface area contributed by atoms with Gasteiger partial charge in [-0.15, -0.1) is 0 Å². The monoisotopic (exact) mass is 729 g/mol. The molecule has 3 aliphatic rings. The zero-order valence-electron chi connectivity index (χ0n) is 31.6. The van der Waals surface area contributed by atoms with Crippen LogP contribution < -0.4 is 0 Å². The number of carbonyl (C=O) groups excluding carboxylic acids is 2. The average molecular weight is 730 g/mol. The zero-order valence-corrected chi connectivity index (χ0v) is 31.6. The lowest BCUT2D eigenvalue weighted by atomic mass is 9.80. The van der Waals surface area contributed by atoms with Crippen molar-refractivity contribution in [1.29, 1.82) is 0 Å². The molecule has 1 unspecified atom stereocenters. The number of carbonyl (C=O) groups is 2. The van der Waals surface area contributed by atoms with Gasteiger partial charge in [0.25, 0.3) is 0 Å². The van der Waals surface area contributed by atoms with Gasteiger partial charge in [-0.2, -0.15) is 0 Å². The van der Waals surface area contributed by atoms with Crippen molar-refractivity contribution in [3.63, 3.8) is 0 Å². The van der Waals surface area contributed by atoms with E-state index in [-0.39, 0.29) is 24.0 Å². The molecule has 0 aliphatic carbocycles. The zero-order chi connectivity index (χ0) is 38.3. The topological polar surface area (TPSA) is 205 Å². The van der Waals surface area contributed by atoms with Crippen molar-refractivity contribution in [2.24, 2.45) is 23.7 Å². The first-order valence-electron chi connectivity index (χ1n) is 18.3. The summed E-state index contributed by atoms with van der Waals surface area (Å²) >= 11 is 0. The number of ketones is 1. The molecule has 0 saturated carbocycles. The van der Waals surface area contributed by atoms with Crippen molar-refractivity contribution in [2.75, 3.05) is 20.7 Å². The summed E-state index contributed by atoms with van der Waals surface area (Å²) in [6, 6.07) is -0.803. The Balaban J connectivity index is 2.05. The van der Waals surface area contributed by atoms with Gasteiger partial charge in [0, 0.05) is 17.8 Å². The number of cyclic esters (lactones) is 1. The van der Waals surface area contributed by atoms with Gasteiger partial charge < -0.3 is 59.2 Å². The molecule has 0 aromatic carbocycles. The van der Waals surface area contributed by atoms with Crippen molar-refractivity contribution in [3.05, 3.63) is 23.8 Å². The van der Waals surface area contributed by atoms with Crippen LogP contribution in [-0.2, 0) is 33.3 Å². The molecule has 0 amide bonds. The van der Waals surface area contributed by atoms with Crippen molar-refractivity contribution in [1.82, 2.24) is 4.90 Å². The van der Waals surface area contributed by atoms with E-state index in [1.165, 1.54) is 0 Å². The van der Waals surface area contributed by atoms with Crippen LogP contribution in [-0.4, -0.2) is 148 Å². The third kappa shape index (κ3) is 10.9. The summed E-state index contributed by atoms with van der Waals surface area (Å²) in [7, 11) is 3.43. The SMILES string of the molecule is CCC1C[C@@H](C)C(=O)/C=C/C(C)=C/[C@H](C)[C@@H](CC)OC(=O)C[C@@H](O)[C@H](C)[C@H]1O[C@H]1O[C@H](C)[C@@H](O)[C@H](N(C)C)[C@H]1O[C@@H]1O[C@H](CO)[C@@H](O)[C@H](O)[C@H]1O. The summed E-state index contributed by atoms with van der Waals surface area (Å²) < 4.78 is 30.7. The van der Waals surface area contributed by atoms with Gasteiger partial charge in [0.15, 0.2) is 18.4 Å². The number of esters is 1. The Bertz CT molecular complexity index is 1180. The number of hydrogen-bond acceptors (Lipinski definition) is 14. The third-order valence-corrected chi connectivity index (χ3v) is 10.8. The molecule has 0 spiro atoms. The minimum atomic E-state index is -1.73. The van der Waals surface area contributed by atoms with E-state index in [1.54, 1.807) is 45.0 Å². The van der Waals surface area contributed by atoms with E-state index >= 15 is 0 Å². The lowest BCUT2D eigenvalue weighted by molar-refractivity contribution is -0.366. The van der Waals surface area contributed by atoms with Gasteiger partial charge in [-0.3, -0.25) is 9.59 Å². The highest BCUT2D eigenvalue weighted by Gasteiger charge is 2.52. The van der Waals surface area contributed by atoms with Crippen LogP contribution in [0.3, 0.4) is 0 Å². The predicted octanol–water partition coefficient (Wildman–Crippen LogP) is 1.08. The molecule has 14 nitrogen and oxygen atoms in total. The Labute approximate surface area is 302 Å². The van der Waals surface area contributed by atoms with Crippen LogP contribution in [0.5, 0.6) is 0 Å². The summed E-state index contributed by atoms with van der Waals surface area (Å²) in [5.74, 6) is -2.21. The van der Waals surface area contributed by atoms with Crippen LogP contribution in [0.25, 0.3) is 0 Å². The number of likely N-dealkylation sites (N-methyl/N-ethyl adjacent to an activating group) is 1. The smallest absolute Gasteiger partial charge is 0.308 e. The van der Waals surface area contributed by atoms with Gasteiger partial charge in [-0.1, -0.05) is 58.8 Å². The molecule has 3 aliphatic heterocycles. The molecule has 0 bridgehead atoms. The maximum Gasteiger partial charge on any atom is 0.308 e. The Kier molecular flexibility index (Phi) is 16.7. The van der Waals surface area contributed by atoms with E-state index in [4.69, 9.17) is 23.7 Å². The minimum absolute atomic E-state index is 0.0754. The maximum absolute atomic E-state index is 13.4. The van der Waals surface area contributed by atoms with E-state index in [0.717, 1.165) is 5.57 Å². The molecule has 6 N–H and O–H groups in total. The average Bonchev–Trinajstić information content (AvgIpc) is 3.08. The van der Waals surface area contributed by atoms with Crippen molar-refractivity contribution in [2.45, 2.75) is 154 Å². The first-order valence-corrected chi connectivity index (χ1v) is 18.3. The summed E-state index contributed by atoms with van der Waals surface area (Å²) in [5, 5.41) is 64.3. The third-order valence-electron chi connectivity index (χ3n) is 10.8. The largest absolute Gasteiger partial charge is 0.462 e. The highest BCUT2D eigenvalue weighted by Crippen LogP contribution is 2.36. The molecular weight excluding hydrogens is 666 g/mol. The molecular formula is C37H63NO13. The Morgan fingerprint density at radius 3 is 2.06 bits per heavy atom. The predicted molar refractivity (Wildman–Crippen MR) is 186 cm³/mol. The first-order chi connectivity index (χ1) is 23.9. The lowest BCUT2D eigenvalue weighted by Crippen LogP contribution is -2.67. The molecule has 0 aromatic rings. The van der Waals surface area contributed by atoms with E-state index < -0.39 is 104 Å². The van der Waals surface area contributed by atoms with Gasteiger partial charge in [0.1, 0.15) is 36.6 Å². The van der Waals surface area contributed by atoms with E-state index in [2.05, 4.69) is 0 Å². The van der Waals surface area contributed by atoms with Crippen molar-refractivity contribution < 1.29 is 63.9 Å². The second kappa shape index (κ2) is 19.5. The lowest BCUT2D eigenvalue weighted by Gasteiger charge is -2.50. The fraction of sp³-hybridized carbons (Fsp3) is 0.838. The van der Waals surface area contributed by atoms with Gasteiger partial charge in [-0.05, 0) is 52.8 Å². The highest BCUT2D eigenvalue weighted by molar-refractivity contribution is 5.91. The maximum atomic E-state index is 13.4. The van der Waals surface area contributed by atoms with Gasteiger partial charge in [0.2, 0.25) is 0 Å². The van der Waals surface area contributed by atoms with Crippen LogP contribution in [0.4, 0.5) is 0 Å². The van der Waals surface area contributed by atoms with Crippen LogP contribution in [0, 0.1) is 23.7 Å². The molecule has 3 rings (SSSR count). The van der Waals surface area contributed by atoms with Crippen LogP contribution in [0.1, 0.15) is 74.1 Å². The number of allylic oxidation sites excluding steroid dienone is 3. The molecule has 2 fully saturated rings. The number of aliphatic hydroxyl groups excluding tert-OH is 6. The van der Waals surface area contributed by atoms with Crippen LogP contribution in [0.2, 0.25) is 0 Å². The van der Waals surface area contributed by atoms with Crippen molar-refractivity contribution >= 4 is 11.8 Å². The quantitative estimate of drug-likeness (QED) is 0.194. The summed E-state index contributed by atoms with van der Waals surface area (Å²) in [6.07, 6.45) is -8.17. The van der Waals surface area contributed by atoms with Crippen molar-refractivity contribution in [3.8, 4) is 0 Å². The van der Waals surface area contributed by atoms with E-state index in [0.29, 0.717) is 19.3 Å². The normalized spacial score (nSPS) is 45.6. The summed E-state index contributed by atoms with van der Waals surface area (Å²) in [6.45, 7) is 12.3. The molecule has 294 valence electrons. The fourth-order valence-corrected chi connectivity index (χ4v) is 7.42. The van der Waals surface area contributed by atoms with Crippen LogP contribution in [0.15, 0.2) is 23.8 Å². The molecule has 14 heteroatoms. The summed E-state index contributed by atoms with van der Waals surface area (Å²) in [5.41, 5.74) is 0.859. The van der Waals surface area contributed by atoms with Crippen LogP contribution >= 0.6 is 0 Å². The highest BCUT2D eigenvalue weighted by atomic mass is 16.8. The summed E-state index contributed by atoms with van der Waals surface area (Å²) in [4.78, 5) is 28.3. The minimum Gasteiger partial charge on any atom is -0.462 e. The Hall–Kier alpha value is -1.82. The number of rotatable bonds is 8. The number of ether oxygens (including phenoxy) is 5. The van der Waals surface area contributed by atoms with E-state index in [1.807, 2.05) is 40.7 Å². The molecule has 0 aromatic heterocycles. The van der Waals surface area contributed by atoms with Gasteiger partial charge in [0.05, 0.1) is 43.5 Å². The number of aliphatic hydroxyl groups is 6. The molecule has 17 atom stereocenters. The molecule has 2 saturated heterocycles. The second-order valence-corrected chi connectivity index (χ2v) is 14.9. The second-order valence-electron chi connectivity index (χ2n) is 14.9. The first kappa shape index (κ1) is 43.6. The number of hydrogen-bond donors (Lipinski definition) is 6. The number of nitrogens with zero attached hydrogens (tertiary/aromatic N) is 1. The standard InChI is InChI=1S/C37H63NO13/c1-10-23-15-19(4)24(40)13-12-18(3)14-20(5)26(11-2)48-28(42)16-25(41)21(6)34(23)50-37-35(29(38(8)9)30(43)22(7)47-37)51-36-33(46)32(45)31(44)27(17-39)49-36/h12-14,19-23,25-27,29-37,39,41,43-46H,10-11,15-17H2,1-9H3/b13-12+,18-14+/t19-,20+,21+,22-,23?,25-,26-,27-,29+,30-,31-,32+,33-,34-,35-,36+,37-/m1/s1. The van der Waals surface area contributed by atoms with Gasteiger partial charge in [-0.25, -0.2) is 0 Å². The Morgan fingerprint density at radius 2 is 1.47 bits per heavy atom. The van der Waals surface area contributed by atoms with Gasteiger partial charge >= 0.3 is 5.97 Å². The molecule has 0 radical (unpaired) electrons. The Morgan fingerprint density at radius 1 is 0.824 bits per heavy atom.